The van der Waals surface area contributed by atoms with Gasteiger partial charge in [0, 0.05) is 11.6 Å². The van der Waals surface area contributed by atoms with Gasteiger partial charge in [-0.15, -0.1) is 0 Å². The molecular formula is C29H19N3O6. The molecule has 0 bridgehead atoms. The minimum absolute atomic E-state index is 0.0301. The van der Waals surface area contributed by atoms with E-state index >= 15 is 0 Å². The average molecular weight is 505 g/mol. The van der Waals surface area contributed by atoms with Gasteiger partial charge in [0.2, 0.25) is 5.75 Å². The topological polar surface area (TPSA) is 131 Å². The molecule has 0 aliphatic heterocycles. The van der Waals surface area contributed by atoms with Gasteiger partial charge in [-0.05, 0) is 51.9 Å². The summed E-state index contributed by atoms with van der Waals surface area (Å²) >= 11 is 0. The first-order valence-electron chi connectivity index (χ1n) is 11.4. The van der Waals surface area contributed by atoms with Crippen molar-refractivity contribution < 1.29 is 24.4 Å². The summed E-state index contributed by atoms with van der Waals surface area (Å²) in [5.74, 6) is -1.81. The molecule has 0 aromatic heterocycles. The summed E-state index contributed by atoms with van der Waals surface area (Å²) in [5, 5.41) is 28.8. The lowest BCUT2D eigenvalue weighted by Crippen LogP contribution is -2.17. The Bertz CT molecular complexity index is 1760. The minimum Gasteiger partial charge on any atom is -0.507 e. The highest BCUT2D eigenvalue weighted by Gasteiger charge is 2.21. The number of hydrogen-bond donors (Lipinski definition) is 2. The van der Waals surface area contributed by atoms with Crippen molar-refractivity contribution in [2.24, 2.45) is 5.10 Å². The van der Waals surface area contributed by atoms with Gasteiger partial charge in [0.05, 0.1) is 22.3 Å². The zero-order chi connectivity index (χ0) is 26.6. The number of amides is 1. The normalized spacial score (nSPS) is 11.1. The molecule has 0 aliphatic carbocycles. The summed E-state index contributed by atoms with van der Waals surface area (Å²) in [5.41, 5.74) is 2.45. The van der Waals surface area contributed by atoms with Crippen LogP contribution in [-0.2, 0) is 0 Å². The molecule has 0 saturated heterocycles. The Morgan fingerprint density at radius 2 is 1.53 bits per heavy atom. The van der Waals surface area contributed by atoms with Crippen LogP contribution in [0.1, 0.15) is 26.3 Å². The van der Waals surface area contributed by atoms with Crippen molar-refractivity contribution in [3.63, 3.8) is 0 Å². The molecule has 0 unspecified atom stereocenters. The van der Waals surface area contributed by atoms with Crippen molar-refractivity contribution in [2.45, 2.75) is 0 Å². The van der Waals surface area contributed by atoms with Crippen molar-refractivity contribution in [1.82, 2.24) is 5.43 Å². The van der Waals surface area contributed by atoms with E-state index in [1.807, 2.05) is 42.5 Å². The van der Waals surface area contributed by atoms with E-state index in [4.69, 9.17) is 4.74 Å². The fourth-order valence-electron chi connectivity index (χ4n) is 4.04. The van der Waals surface area contributed by atoms with Gasteiger partial charge >= 0.3 is 11.7 Å². The number of phenolic OH excluding ortho intramolecular Hbond substituents is 1. The van der Waals surface area contributed by atoms with Crippen LogP contribution >= 0.6 is 0 Å². The molecule has 0 spiro atoms. The number of fused-ring (bicyclic) bond motifs is 2. The SMILES string of the molecule is O=C(NN=Cc1ccc(OC(=O)c2cccc3ccccc23)c([N+](=O)[O-])c1)c1cc2ccccc2cc1O. The number of rotatable bonds is 6. The summed E-state index contributed by atoms with van der Waals surface area (Å²) in [6.45, 7) is 0. The molecule has 5 aromatic carbocycles. The zero-order valence-corrected chi connectivity index (χ0v) is 19.7. The number of hydrazone groups is 1. The number of carbonyl (C=O) groups is 2. The fourth-order valence-corrected chi connectivity index (χ4v) is 4.04. The molecule has 5 aromatic rings. The number of aromatic hydroxyl groups is 1. The Hall–Kier alpha value is -5.57. The van der Waals surface area contributed by atoms with Crippen molar-refractivity contribution in [1.29, 1.82) is 0 Å². The standard InChI is InChI=1S/C29H19N3O6/c33-26-16-21-8-2-1-7-20(21)15-24(26)28(34)31-30-17-18-12-13-27(25(14-18)32(36)37)38-29(35)23-11-5-9-19-6-3-4-10-22(19)23/h1-17,33H,(H,31,34). The Morgan fingerprint density at radius 1 is 0.842 bits per heavy atom. The molecule has 0 radical (unpaired) electrons. The lowest BCUT2D eigenvalue weighted by molar-refractivity contribution is -0.385. The highest BCUT2D eigenvalue weighted by Crippen LogP contribution is 2.30. The van der Waals surface area contributed by atoms with Gasteiger partial charge < -0.3 is 9.84 Å². The quantitative estimate of drug-likeness (QED) is 0.102. The predicted molar refractivity (Wildman–Crippen MR) is 143 cm³/mol. The molecule has 9 heteroatoms. The predicted octanol–water partition coefficient (Wildman–Crippen LogP) is 5.59. The monoisotopic (exact) mass is 505 g/mol. The van der Waals surface area contributed by atoms with Crippen molar-refractivity contribution in [2.75, 3.05) is 0 Å². The number of hydrogen-bond acceptors (Lipinski definition) is 7. The molecule has 1 amide bonds. The summed E-state index contributed by atoms with van der Waals surface area (Å²) in [4.78, 5) is 36.4. The van der Waals surface area contributed by atoms with Crippen LogP contribution in [0.4, 0.5) is 5.69 Å². The molecule has 9 nitrogen and oxygen atoms in total. The number of nitro benzene ring substituents is 1. The Balaban J connectivity index is 1.33. The fraction of sp³-hybridized carbons (Fsp3) is 0. The van der Waals surface area contributed by atoms with Gasteiger partial charge in [0.15, 0.2) is 0 Å². The number of carbonyl (C=O) groups excluding carboxylic acids is 2. The minimum atomic E-state index is -0.728. The average Bonchev–Trinajstić information content (AvgIpc) is 2.92. The Morgan fingerprint density at radius 3 is 2.29 bits per heavy atom. The van der Waals surface area contributed by atoms with E-state index in [1.165, 1.54) is 30.5 Å². The van der Waals surface area contributed by atoms with Gasteiger partial charge in [-0.3, -0.25) is 14.9 Å². The summed E-state index contributed by atoms with van der Waals surface area (Å²) < 4.78 is 5.38. The molecule has 38 heavy (non-hydrogen) atoms. The number of nitrogens with zero attached hydrogens (tertiary/aromatic N) is 2. The van der Waals surface area contributed by atoms with Crippen LogP contribution in [0.25, 0.3) is 21.5 Å². The van der Waals surface area contributed by atoms with E-state index in [2.05, 4.69) is 10.5 Å². The lowest BCUT2D eigenvalue weighted by Gasteiger charge is -2.08. The van der Waals surface area contributed by atoms with Gasteiger partial charge in [-0.25, -0.2) is 10.2 Å². The summed E-state index contributed by atoms with van der Waals surface area (Å²) in [7, 11) is 0. The molecule has 186 valence electrons. The van der Waals surface area contributed by atoms with Crippen LogP contribution in [0.15, 0.2) is 102 Å². The third-order valence-electron chi connectivity index (χ3n) is 5.88. The molecule has 0 atom stereocenters. The van der Waals surface area contributed by atoms with Crippen LogP contribution in [-0.4, -0.2) is 28.1 Å². The molecule has 0 heterocycles. The van der Waals surface area contributed by atoms with Crippen molar-refractivity contribution >= 4 is 45.3 Å². The summed E-state index contributed by atoms with van der Waals surface area (Å²) in [6, 6.07) is 26.6. The first-order chi connectivity index (χ1) is 18.4. The largest absolute Gasteiger partial charge is 0.507 e. The molecule has 0 saturated carbocycles. The Labute approximate surface area is 215 Å². The second-order valence-electron chi connectivity index (χ2n) is 8.32. The van der Waals surface area contributed by atoms with Crippen LogP contribution in [0.5, 0.6) is 11.5 Å². The maximum atomic E-state index is 12.8. The maximum Gasteiger partial charge on any atom is 0.344 e. The van der Waals surface area contributed by atoms with Crippen LogP contribution in [0.3, 0.4) is 0 Å². The van der Waals surface area contributed by atoms with Gasteiger partial charge in [-0.2, -0.15) is 5.10 Å². The van der Waals surface area contributed by atoms with E-state index in [9.17, 15) is 24.8 Å². The number of nitro groups is 1. The Kier molecular flexibility index (Phi) is 6.48. The van der Waals surface area contributed by atoms with Crippen LogP contribution in [0, 0.1) is 10.1 Å². The number of phenols is 1. The number of ether oxygens (including phenoxy) is 1. The van der Waals surface area contributed by atoms with E-state index in [-0.39, 0.29) is 28.2 Å². The highest BCUT2D eigenvalue weighted by atomic mass is 16.6. The van der Waals surface area contributed by atoms with E-state index in [0.717, 1.165) is 16.2 Å². The summed E-state index contributed by atoms with van der Waals surface area (Å²) in [6.07, 6.45) is 1.21. The van der Waals surface area contributed by atoms with Gasteiger partial charge in [0.1, 0.15) is 5.75 Å². The van der Waals surface area contributed by atoms with E-state index in [0.29, 0.717) is 5.39 Å². The highest BCUT2D eigenvalue weighted by molar-refractivity contribution is 6.05. The first kappa shape index (κ1) is 24.1. The number of esters is 1. The molecule has 2 N–H and O–H groups in total. The zero-order valence-electron chi connectivity index (χ0n) is 19.7. The van der Waals surface area contributed by atoms with E-state index in [1.54, 1.807) is 30.3 Å². The molecule has 0 fully saturated rings. The third-order valence-corrected chi connectivity index (χ3v) is 5.88. The maximum absolute atomic E-state index is 12.8. The van der Waals surface area contributed by atoms with Crippen LogP contribution in [0.2, 0.25) is 0 Å². The molecular weight excluding hydrogens is 486 g/mol. The second-order valence-corrected chi connectivity index (χ2v) is 8.32. The van der Waals surface area contributed by atoms with Gasteiger partial charge in [-0.1, -0.05) is 60.7 Å². The number of benzene rings is 5. The van der Waals surface area contributed by atoms with Crippen molar-refractivity contribution in [3.05, 3.63) is 124 Å². The molecule has 0 aliphatic rings. The second kappa shape index (κ2) is 10.2. The van der Waals surface area contributed by atoms with E-state index < -0.39 is 22.5 Å². The van der Waals surface area contributed by atoms with Crippen molar-refractivity contribution in [3.8, 4) is 11.5 Å². The number of nitrogens with one attached hydrogen (secondary N) is 1. The third kappa shape index (κ3) is 4.89. The first-order valence-corrected chi connectivity index (χ1v) is 11.4. The lowest BCUT2D eigenvalue weighted by atomic mass is 10.0. The molecule has 5 rings (SSSR count). The smallest absolute Gasteiger partial charge is 0.344 e. The van der Waals surface area contributed by atoms with Crippen LogP contribution < -0.4 is 10.2 Å². The van der Waals surface area contributed by atoms with Gasteiger partial charge in [0.25, 0.3) is 5.91 Å².